The summed E-state index contributed by atoms with van der Waals surface area (Å²) in [4.78, 5) is 4.66. The van der Waals surface area contributed by atoms with Gasteiger partial charge in [-0.25, -0.2) is 4.98 Å². The first-order valence-electron chi connectivity index (χ1n) is 9.97. The van der Waals surface area contributed by atoms with Gasteiger partial charge in [-0.05, 0) is 61.1 Å². The van der Waals surface area contributed by atoms with E-state index in [0.29, 0.717) is 6.61 Å². The Morgan fingerprint density at radius 3 is 2.07 bits per heavy atom. The second-order valence-corrected chi connectivity index (χ2v) is 7.12. The first kappa shape index (κ1) is 18.2. The molecule has 3 aromatic carbocycles. The number of aryl methyl sites for hydroxylation is 2. The van der Waals surface area contributed by atoms with E-state index in [4.69, 9.17) is 4.74 Å². The lowest BCUT2D eigenvalue weighted by Crippen LogP contribution is -1.98. The van der Waals surface area contributed by atoms with Crippen molar-refractivity contribution in [3.05, 3.63) is 108 Å². The van der Waals surface area contributed by atoms with E-state index in [1.54, 1.807) is 0 Å². The molecule has 1 heterocycles. The van der Waals surface area contributed by atoms with Crippen LogP contribution in [0.2, 0.25) is 0 Å². The van der Waals surface area contributed by atoms with Crippen LogP contribution in [0.3, 0.4) is 0 Å². The van der Waals surface area contributed by atoms with Crippen molar-refractivity contribution in [2.75, 3.05) is 0 Å². The molecule has 0 saturated carbocycles. The van der Waals surface area contributed by atoms with Crippen LogP contribution in [-0.2, 0) is 19.4 Å². The predicted octanol–water partition coefficient (Wildman–Crippen LogP) is 6.38. The van der Waals surface area contributed by atoms with Crippen LogP contribution in [0.15, 0.2) is 91.0 Å². The van der Waals surface area contributed by atoms with Gasteiger partial charge in [0.25, 0.3) is 0 Å². The zero-order valence-corrected chi connectivity index (χ0v) is 16.1. The van der Waals surface area contributed by atoms with Gasteiger partial charge in [0.2, 0.25) is 0 Å². The highest BCUT2D eigenvalue weighted by Gasteiger charge is 2.01. The Kier molecular flexibility index (Phi) is 5.98. The lowest BCUT2D eigenvalue weighted by atomic mass is 10.0. The Bertz CT molecular complexity index is 1010. The van der Waals surface area contributed by atoms with Gasteiger partial charge in [0.15, 0.2) is 0 Å². The number of aromatic nitrogens is 1. The summed E-state index contributed by atoms with van der Waals surface area (Å²) in [6.45, 7) is 0.487. The van der Waals surface area contributed by atoms with Crippen LogP contribution in [0.1, 0.15) is 29.7 Å². The van der Waals surface area contributed by atoms with Crippen molar-refractivity contribution in [2.45, 2.75) is 32.3 Å². The van der Waals surface area contributed by atoms with Gasteiger partial charge in [0.05, 0.1) is 11.2 Å². The van der Waals surface area contributed by atoms with E-state index < -0.39 is 0 Å². The fraction of sp³-hybridized carbons (Fsp3) is 0.192. The molecular formula is C26H25NO. The van der Waals surface area contributed by atoms with Crippen LogP contribution in [-0.4, -0.2) is 4.98 Å². The molecule has 0 unspecified atom stereocenters. The van der Waals surface area contributed by atoms with Crippen molar-refractivity contribution in [3.63, 3.8) is 0 Å². The van der Waals surface area contributed by atoms with Crippen LogP contribution in [0.25, 0.3) is 10.9 Å². The number of unbranched alkanes of at least 4 members (excludes halogenated alkanes) is 1. The van der Waals surface area contributed by atoms with E-state index in [-0.39, 0.29) is 0 Å². The molecule has 0 bridgehead atoms. The van der Waals surface area contributed by atoms with Crippen molar-refractivity contribution in [1.29, 1.82) is 0 Å². The van der Waals surface area contributed by atoms with Crippen molar-refractivity contribution in [3.8, 4) is 5.75 Å². The monoisotopic (exact) mass is 367 g/mol. The summed E-state index contributed by atoms with van der Waals surface area (Å²) in [5.74, 6) is 0.892. The average molecular weight is 367 g/mol. The summed E-state index contributed by atoms with van der Waals surface area (Å²) in [5, 5.41) is 1.16. The third-order valence-corrected chi connectivity index (χ3v) is 4.99. The molecular weight excluding hydrogens is 342 g/mol. The van der Waals surface area contributed by atoms with Gasteiger partial charge in [-0.15, -0.1) is 0 Å². The van der Waals surface area contributed by atoms with Crippen molar-refractivity contribution >= 4 is 10.9 Å². The normalized spacial score (nSPS) is 10.9. The molecule has 0 amide bonds. The maximum atomic E-state index is 5.92. The molecule has 4 rings (SSSR count). The summed E-state index contributed by atoms with van der Waals surface area (Å²) < 4.78 is 5.92. The largest absolute Gasteiger partial charge is 0.487 e. The van der Waals surface area contributed by atoms with E-state index in [1.807, 2.05) is 24.3 Å². The van der Waals surface area contributed by atoms with E-state index in [9.17, 15) is 0 Å². The SMILES string of the molecule is c1ccc(CCCCc2ccc(OCc3ccc4ccccc4n3)cc2)cc1. The maximum Gasteiger partial charge on any atom is 0.130 e. The fourth-order valence-corrected chi connectivity index (χ4v) is 3.40. The van der Waals surface area contributed by atoms with Crippen LogP contribution in [0, 0.1) is 0 Å². The molecule has 28 heavy (non-hydrogen) atoms. The molecule has 0 saturated heterocycles. The molecule has 0 N–H and O–H groups in total. The number of fused-ring (bicyclic) bond motifs is 1. The molecule has 0 aliphatic carbocycles. The predicted molar refractivity (Wildman–Crippen MR) is 116 cm³/mol. The van der Waals surface area contributed by atoms with Crippen molar-refractivity contribution < 1.29 is 4.74 Å². The molecule has 0 aliphatic heterocycles. The second kappa shape index (κ2) is 9.18. The van der Waals surface area contributed by atoms with E-state index in [0.717, 1.165) is 35.2 Å². The van der Waals surface area contributed by atoms with Crippen LogP contribution in [0.4, 0.5) is 0 Å². The number of rotatable bonds is 8. The number of benzene rings is 3. The van der Waals surface area contributed by atoms with E-state index >= 15 is 0 Å². The van der Waals surface area contributed by atoms with Gasteiger partial charge in [-0.3, -0.25) is 0 Å². The summed E-state index contributed by atoms with van der Waals surface area (Å²) in [5.41, 5.74) is 4.75. The molecule has 1 aromatic heterocycles. The van der Waals surface area contributed by atoms with Gasteiger partial charge < -0.3 is 4.74 Å². The molecule has 0 radical (unpaired) electrons. The molecule has 2 heteroatoms. The van der Waals surface area contributed by atoms with Crippen molar-refractivity contribution in [2.24, 2.45) is 0 Å². The van der Waals surface area contributed by atoms with E-state index in [1.165, 1.54) is 24.0 Å². The van der Waals surface area contributed by atoms with Crippen molar-refractivity contribution in [1.82, 2.24) is 4.98 Å². The average Bonchev–Trinajstić information content (AvgIpc) is 2.77. The third-order valence-electron chi connectivity index (χ3n) is 4.99. The zero-order chi connectivity index (χ0) is 19.0. The lowest BCUT2D eigenvalue weighted by Gasteiger charge is -2.08. The summed E-state index contributed by atoms with van der Waals surface area (Å²) in [7, 11) is 0. The molecule has 0 spiro atoms. The van der Waals surface area contributed by atoms with Gasteiger partial charge in [-0.1, -0.05) is 66.7 Å². The molecule has 2 nitrogen and oxygen atoms in total. The fourth-order valence-electron chi connectivity index (χ4n) is 3.40. The number of hydrogen-bond donors (Lipinski definition) is 0. The second-order valence-electron chi connectivity index (χ2n) is 7.12. The minimum atomic E-state index is 0.487. The molecule has 140 valence electrons. The maximum absolute atomic E-state index is 5.92. The zero-order valence-electron chi connectivity index (χ0n) is 16.1. The summed E-state index contributed by atoms with van der Waals surface area (Å²) >= 11 is 0. The first-order chi connectivity index (χ1) is 13.9. The van der Waals surface area contributed by atoms with Gasteiger partial charge >= 0.3 is 0 Å². The Balaban J connectivity index is 1.24. The Hall–Kier alpha value is -3.13. The van der Waals surface area contributed by atoms with Gasteiger partial charge in [-0.2, -0.15) is 0 Å². The number of ether oxygens (including phenoxy) is 1. The topological polar surface area (TPSA) is 22.1 Å². The number of pyridine rings is 1. The highest BCUT2D eigenvalue weighted by atomic mass is 16.5. The first-order valence-corrected chi connectivity index (χ1v) is 9.97. The Morgan fingerprint density at radius 1 is 0.607 bits per heavy atom. The number of para-hydroxylation sites is 1. The van der Waals surface area contributed by atoms with Gasteiger partial charge in [0.1, 0.15) is 12.4 Å². The van der Waals surface area contributed by atoms with Gasteiger partial charge in [0, 0.05) is 5.39 Å². The Labute approximate surface area is 166 Å². The minimum Gasteiger partial charge on any atom is -0.487 e. The third kappa shape index (κ3) is 4.98. The smallest absolute Gasteiger partial charge is 0.130 e. The lowest BCUT2D eigenvalue weighted by molar-refractivity contribution is 0.301. The van der Waals surface area contributed by atoms with Crippen LogP contribution >= 0.6 is 0 Å². The molecule has 0 aliphatic rings. The van der Waals surface area contributed by atoms with E-state index in [2.05, 4.69) is 71.7 Å². The number of nitrogens with zero attached hydrogens (tertiary/aromatic N) is 1. The Morgan fingerprint density at radius 2 is 1.29 bits per heavy atom. The quantitative estimate of drug-likeness (QED) is 0.337. The summed E-state index contributed by atoms with van der Waals surface area (Å²) in [6.07, 6.45) is 4.69. The van der Waals surface area contributed by atoms with Crippen LogP contribution < -0.4 is 4.74 Å². The standard InChI is InChI=1S/C26H25NO/c1-2-8-21(9-3-1)10-4-5-11-22-14-18-25(19-15-22)28-20-24-17-16-23-12-6-7-13-26(23)27-24/h1-3,6-9,12-19H,4-5,10-11,20H2. The highest BCUT2D eigenvalue weighted by molar-refractivity contribution is 5.78. The molecule has 0 atom stereocenters. The molecule has 0 fully saturated rings. The summed E-state index contributed by atoms with van der Waals surface area (Å²) in [6, 6.07) is 31.5. The minimum absolute atomic E-state index is 0.487. The number of hydrogen-bond acceptors (Lipinski definition) is 2. The highest BCUT2D eigenvalue weighted by Crippen LogP contribution is 2.17. The van der Waals surface area contributed by atoms with Crippen LogP contribution in [0.5, 0.6) is 5.75 Å². The molecule has 4 aromatic rings.